The summed E-state index contributed by atoms with van der Waals surface area (Å²) in [6.07, 6.45) is 2.83. The Kier molecular flexibility index (Phi) is 4.49. The lowest BCUT2D eigenvalue weighted by molar-refractivity contribution is 0.184. The van der Waals surface area contributed by atoms with Gasteiger partial charge in [0.2, 0.25) is 11.8 Å². The molecule has 1 aromatic heterocycles. The minimum atomic E-state index is 0.138. The van der Waals surface area contributed by atoms with E-state index in [1.165, 1.54) is 0 Å². The van der Waals surface area contributed by atoms with Gasteiger partial charge in [0.05, 0.1) is 6.10 Å². The van der Waals surface area contributed by atoms with E-state index in [4.69, 9.17) is 10.6 Å². The Morgan fingerprint density at radius 1 is 1.44 bits per heavy atom. The highest BCUT2D eigenvalue weighted by molar-refractivity contribution is 5.31. The summed E-state index contributed by atoms with van der Waals surface area (Å²) in [5.74, 6) is 6.82. The predicted molar refractivity (Wildman–Crippen MR) is 64.1 cm³/mol. The third-order valence-corrected chi connectivity index (χ3v) is 2.17. The van der Waals surface area contributed by atoms with Gasteiger partial charge in [0, 0.05) is 11.8 Å². The van der Waals surface area contributed by atoms with E-state index in [2.05, 4.69) is 29.2 Å². The van der Waals surface area contributed by atoms with Crippen LogP contribution in [-0.4, -0.2) is 16.1 Å². The second kappa shape index (κ2) is 5.65. The summed E-state index contributed by atoms with van der Waals surface area (Å²) in [5.41, 5.74) is 3.32. The first kappa shape index (κ1) is 12.7. The van der Waals surface area contributed by atoms with Crippen molar-refractivity contribution in [2.24, 2.45) is 11.8 Å². The maximum atomic E-state index is 5.75. The number of anilines is 1. The van der Waals surface area contributed by atoms with Crippen LogP contribution in [0.4, 0.5) is 5.95 Å². The number of ether oxygens (including phenoxy) is 1. The van der Waals surface area contributed by atoms with E-state index >= 15 is 0 Å². The zero-order chi connectivity index (χ0) is 12.1. The molecular weight excluding hydrogens is 204 g/mol. The van der Waals surface area contributed by atoms with Gasteiger partial charge in [-0.2, -0.15) is 4.98 Å². The number of aromatic nitrogens is 2. The average molecular weight is 224 g/mol. The lowest BCUT2D eigenvalue weighted by Crippen LogP contribution is -2.17. The van der Waals surface area contributed by atoms with Crippen LogP contribution in [0, 0.1) is 12.8 Å². The number of rotatable bonds is 5. The third kappa shape index (κ3) is 3.66. The number of nitrogen functional groups attached to an aromatic ring is 1. The molecule has 0 saturated carbocycles. The van der Waals surface area contributed by atoms with Gasteiger partial charge < -0.3 is 4.74 Å². The van der Waals surface area contributed by atoms with Gasteiger partial charge in [-0.1, -0.05) is 13.8 Å². The number of nitrogens with two attached hydrogens (primary N) is 1. The quantitative estimate of drug-likeness (QED) is 0.590. The van der Waals surface area contributed by atoms with E-state index in [9.17, 15) is 0 Å². The van der Waals surface area contributed by atoms with Crippen molar-refractivity contribution in [1.29, 1.82) is 0 Å². The first-order chi connectivity index (χ1) is 7.52. The lowest BCUT2D eigenvalue weighted by Gasteiger charge is -2.17. The monoisotopic (exact) mass is 224 g/mol. The van der Waals surface area contributed by atoms with Gasteiger partial charge in [-0.3, -0.25) is 5.43 Å². The van der Waals surface area contributed by atoms with Gasteiger partial charge in [-0.25, -0.2) is 10.8 Å². The minimum Gasteiger partial charge on any atom is -0.474 e. The molecule has 5 heteroatoms. The van der Waals surface area contributed by atoms with E-state index in [0.29, 0.717) is 17.7 Å². The average Bonchev–Trinajstić information content (AvgIpc) is 2.20. The van der Waals surface area contributed by atoms with Crippen LogP contribution in [0.15, 0.2) is 6.20 Å². The molecule has 0 aromatic carbocycles. The van der Waals surface area contributed by atoms with E-state index in [0.717, 1.165) is 12.0 Å². The highest BCUT2D eigenvalue weighted by Gasteiger charge is 2.10. The second-order valence-corrected chi connectivity index (χ2v) is 4.38. The lowest BCUT2D eigenvalue weighted by atomic mass is 10.1. The number of hydrogen-bond donors (Lipinski definition) is 2. The predicted octanol–water partition coefficient (Wildman–Crippen LogP) is 1.88. The van der Waals surface area contributed by atoms with Gasteiger partial charge in [-0.15, -0.1) is 0 Å². The van der Waals surface area contributed by atoms with Crippen LogP contribution in [0.5, 0.6) is 5.88 Å². The standard InChI is InChI=1S/C11H20N4O/c1-7(2)5-9(4)16-10-8(3)6-13-11(14-10)15-12/h6-7,9H,5,12H2,1-4H3,(H,13,14,15). The number of aryl methyl sites for hydroxylation is 1. The molecular formula is C11H20N4O. The van der Waals surface area contributed by atoms with Crippen molar-refractivity contribution in [1.82, 2.24) is 9.97 Å². The van der Waals surface area contributed by atoms with Crippen LogP contribution >= 0.6 is 0 Å². The maximum Gasteiger partial charge on any atom is 0.240 e. The van der Waals surface area contributed by atoms with Crippen LogP contribution in [0.2, 0.25) is 0 Å². The van der Waals surface area contributed by atoms with Crippen molar-refractivity contribution in [2.75, 3.05) is 5.43 Å². The zero-order valence-corrected chi connectivity index (χ0v) is 10.3. The SMILES string of the molecule is Cc1cnc(NN)nc1OC(C)CC(C)C. The molecule has 0 amide bonds. The Morgan fingerprint density at radius 3 is 2.69 bits per heavy atom. The normalized spacial score (nSPS) is 12.6. The summed E-state index contributed by atoms with van der Waals surface area (Å²) < 4.78 is 5.75. The van der Waals surface area contributed by atoms with Crippen molar-refractivity contribution in [3.63, 3.8) is 0 Å². The zero-order valence-electron chi connectivity index (χ0n) is 10.3. The van der Waals surface area contributed by atoms with Crippen molar-refractivity contribution in [3.05, 3.63) is 11.8 Å². The van der Waals surface area contributed by atoms with Crippen molar-refractivity contribution < 1.29 is 4.74 Å². The summed E-state index contributed by atoms with van der Waals surface area (Å²) in [4.78, 5) is 8.17. The van der Waals surface area contributed by atoms with E-state index < -0.39 is 0 Å². The summed E-state index contributed by atoms with van der Waals surface area (Å²) in [7, 11) is 0. The Balaban J connectivity index is 2.71. The van der Waals surface area contributed by atoms with Gasteiger partial charge in [0.1, 0.15) is 0 Å². The molecule has 0 aliphatic rings. The fraction of sp³-hybridized carbons (Fsp3) is 0.636. The van der Waals surface area contributed by atoms with Crippen LogP contribution in [0.1, 0.15) is 32.8 Å². The smallest absolute Gasteiger partial charge is 0.240 e. The molecule has 0 saturated heterocycles. The fourth-order valence-corrected chi connectivity index (χ4v) is 1.52. The number of hydrogen-bond acceptors (Lipinski definition) is 5. The summed E-state index contributed by atoms with van der Waals surface area (Å²) in [5, 5.41) is 0. The van der Waals surface area contributed by atoms with Gasteiger partial charge in [0.25, 0.3) is 0 Å². The highest BCUT2D eigenvalue weighted by Crippen LogP contribution is 2.18. The van der Waals surface area contributed by atoms with Crippen molar-refractivity contribution >= 4 is 5.95 Å². The number of hydrazine groups is 1. The molecule has 5 nitrogen and oxygen atoms in total. The first-order valence-corrected chi connectivity index (χ1v) is 5.49. The molecule has 0 aliphatic heterocycles. The molecule has 0 spiro atoms. The van der Waals surface area contributed by atoms with Crippen LogP contribution < -0.4 is 16.0 Å². The summed E-state index contributed by atoms with van der Waals surface area (Å²) >= 11 is 0. The third-order valence-electron chi connectivity index (χ3n) is 2.17. The Labute approximate surface area is 96.4 Å². The van der Waals surface area contributed by atoms with Crippen molar-refractivity contribution in [3.8, 4) is 5.88 Å². The molecule has 1 unspecified atom stereocenters. The van der Waals surface area contributed by atoms with E-state index in [-0.39, 0.29) is 6.10 Å². The van der Waals surface area contributed by atoms with Gasteiger partial charge in [-0.05, 0) is 26.2 Å². The largest absolute Gasteiger partial charge is 0.474 e. The molecule has 1 rings (SSSR count). The summed E-state index contributed by atoms with van der Waals surface area (Å²) in [6, 6.07) is 0. The summed E-state index contributed by atoms with van der Waals surface area (Å²) in [6.45, 7) is 8.29. The fourth-order valence-electron chi connectivity index (χ4n) is 1.52. The van der Waals surface area contributed by atoms with Crippen molar-refractivity contribution in [2.45, 2.75) is 40.2 Å². The van der Waals surface area contributed by atoms with Crippen LogP contribution in [0.25, 0.3) is 0 Å². The molecule has 3 N–H and O–H groups in total. The molecule has 0 bridgehead atoms. The molecule has 1 aromatic rings. The topological polar surface area (TPSA) is 73.1 Å². The molecule has 90 valence electrons. The molecule has 0 radical (unpaired) electrons. The van der Waals surface area contributed by atoms with Crippen LogP contribution in [-0.2, 0) is 0 Å². The molecule has 1 heterocycles. The second-order valence-electron chi connectivity index (χ2n) is 4.38. The number of nitrogens with one attached hydrogen (secondary N) is 1. The van der Waals surface area contributed by atoms with E-state index in [1.807, 2.05) is 13.8 Å². The van der Waals surface area contributed by atoms with Crippen LogP contribution in [0.3, 0.4) is 0 Å². The van der Waals surface area contributed by atoms with Gasteiger partial charge >= 0.3 is 0 Å². The van der Waals surface area contributed by atoms with Gasteiger partial charge in [0.15, 0.2) is 0 Å². The highest BCUT2D eigenvalue weighted by atomic mass is 16.5. The molecule has 16 heavy (non-hydrogen) atoms. The minimum absolute atomic E-state index is 0.138. The number of nitrogens with zero attached hydrogens (tertiary/aromatic N) is 2. The Hall–Kier alpha value is -1.36. The van der Waals surface area contributed by atoms with E-state index in [1.54, 1.807) is 6.20 Å². The molecule has 1 atom stereocenters. The first-order valence-electron chi connectivity index (χ1n) is 5.49. The Bertz CT molecular complexity index is 341. The molecule has 0 aliphatic carbocycles. The molecule has 0 fully saturated rings. The maximum absolute atomic E-state index is 5.75. The Morgan fingerprint density at radius 2 is 2.12 bits per heavy atom.